The van der Waals surface area contributed by atoms with E-state index in [1.165, 1.54) is 4.90 Å². The number of thioether (sulfide) groups is 1. The number of amides is 5. The van der Waals surface area contributed by atoms with Crippen LogP contribution in [-0.4, -0.2) is 59.1 Å². The van der Waals surface area contributed by atoms with Gasteiger partial charge in [-0.2, -0.15) is 0 Å². The molecule has 2 aliphatic rings. The van der Waals surface area contributed by atoms with Crippen LogP contribution in [0, 0.1) is 5.92 Å². The third-order valence-corrected chi connectivity index (χ3v) is 6.56. The van der Waals surface area contributed by atoms with Crippen LogP contribution in [0.1, 0.15) is 32.6 Å². The van der Waals surface area contributed by atoms with E-state index in [-0.39, 0.29) is 23.6 Å². The number of nitrogens with zero attached hydrogens (tertiary/aromatic N) is 2. The summed E-state index contributed by atoms with van der Waals surface area (Å²) in [7, 11) is 3.36. The first-order valence-corrected chi connectivity index (χ1v) is 10.5. The van der Waals surface area contributed by atoms with Gasteiger partial charge in [-0.3, -0.25) is 19.3 Å². The summed E-state index contributed by atoms with van der Waals surface area (Å²) in [4.78, 5) is 52.7. The van der Waals surface area contributed by atoms with Crippen LogP contribution >= 0.6 is 11.8 Å². The lowest BCUT2D eigenvalue weighted by molar-refractivity contribution is -0.136. The van der Waals surface area contributed by atoms with Gasteiger partial charge in [0.05, 0.1) is 0 Å². The monoisotopic (exact) mass is 418 g/mol. The average Bonchev–Trinajstić information content (AvgIpc) is 2.90. The maximum atomic E-state index is 12.9. The summed E-state index contributed by atoms with van der Waals surface area (Å²) in [6.45, 7) is 1.65. The number of carbonyl (C=O) groups is 4. The van der Waals surface area contributed by atoms with Gasteiger partial charge in [0.15, 0.2) is 0 Å². The lowest BCUT2D eigenvalue weighted by atomic mass is 9.73. The summed E-state index contributed by atoms with van der Waals surface area (Å²) in [5.41, 5.74) is -0.336. The van der Waals surface area contributed by atoms with Crippen molar-refractivity contribution >= 4 is 40.5 Å². The van der Waals surface area contributed by atoms with E-state index >= 15 is 0 Å². The fraction of sp³-hybridized carbons (Fsp3) is 0.500. The summed E-state index contributed by atoms with van der Waals surface area (Å²) >= 11 is 1.09. The molecule has 1 saturated carbocycles. The van der Waals surface area contributed by atoms with Crippen LogP contribution < -0.4 is 10.6 Å². The van der Waals surface area contributed by atoms with Crippen molar-refractivity contribution in [1.29, 1.82) is 0 Å². The standard InChI is InChI=1S/C20H26N4O4S/c1-13-6-4-5-11-20(13)17(26)24(18(27)22-20)12-16(25)21-14-7-9-15(10-8-14)29-19(28)23(2)3/h7-10,13H,4-6,11-12H2,1-3H3,(H,21,25)(H,22,27). The van der Waals surface area contributed by atoms with Crippen molar-refractivity contribution in [1.82, 2.24) is 15.1 Å². The number of nitrogens with one attached hydrogen (secondary N) is 2. The molecular formula is C20H26N4O4S. The Kier molecular flexibility index (Phi) is 6.16. The molecule has 1 heterocycles. The number of anilines is 1. The highest BCUT2D eigenvalue weighted by atomic mass is 32.2. The van der Waals surface area contributed by atoms with Gasteiger partial charge in [-0.1, -0.05) is 19.8 Å². The van der Waals surface area contributed by atoms with E-state index in [1.807, 2.05) is 6.92 Å². The van der Waals surface area contributed by atoms with E-state index in [0.717, 1.165) is 40.8 Å². The van der Waals surface area contributed by atoms with Crippen LogP contribution in [-0.2, 0) is 9.59 Å². The highest BCUT2D eigenvalue weighted by Gasteiger charge is 2.55. The van der Waals surface area contributed by atoms with Crippen molar-refractivity contribution in [3.8, 4) is 0 Å². The summed E-state index contributed by atoms with van der Waals surface area (Å²) in [5.74, 6) is -0.701. The SMILES string of the molecule is CC1CCCCC12NC(=O)N(CC(=O)Nc1ccc(SC(=O)N(C)C)cc1)C2=O. The molecular weight excluding hydrogens is 392 g/mol. The number of imide groups is 1. The van der Waals surface area contributed by atoms with Gasteiger partial charge in [-0.25, -0.2) is 4.79 Å². The molecule has 1 aromatic carbocycles. The van der Waals surface area contributed by atoms with Gasteiger partial charge in [0, 0.05) is 24.7 Å². The topological polar surface area (TPSA) is 98.8 Å². The largest absolute Gasteiger partial charge is 0.339 e. The lowest BCUT2D eigenvalue weighted by Gasteiger charge is -2.36. The van der Waals surface area contributed by atoms with E-state index in [4.69, 9.17) is 0 Å². The number of urea groups is 1. The van der Waals surface area contributed by atoms with Crippen molar-refractivity contribution in [3.05, 3.63) is 24.3 Å². The lowest BCUT2D eigenvalue weighted by Crippen LogP contribution is -2.54. The summed E-state index contributed by atoms with van der Waals surface area (Å²) < 4.78 is 0. The Labute approximate surface area is 174 Å². The van der Waals surface area contributed by atoms with Gasteiger partial charge in [-0.15, -0.1) is 0 Å². The minimum absolute atomic E-state index is 0.0516. The zero-order chi connectivity index (χ0) is 21.2. The second-order valence-corrected chi connectivity index (χ2v) is 8.80. The molecule has 29 heavy (non-hydrogen) atoms. The molecule has 0 bridgehead atoms. The van der Waals surface area contributed by atoms with Gasteiger partial charge in [0.2, 0.25) is 5.91 Å². The summed E-state index contributed by atoms with van der Waals surface area (Å²) in [5, 5.41) is 5.45. The summed E-state index contributed by atoms with van der Waals surface area (Å²) in [6.07, 6.45) is 3.42. The molecule has 1 aliphatic carbocycles. The molecule has 2 fully saturated rings. The molecule has 2 atom stereocenters. The van der Waals surface area contributed by atoms with Gasteiger partial charge in [0.25, 0.3) is 11.1 Å². The predicted molar refractivity (Wildman–Crippen MR) is 111 cm³/mol. The van der Waals surface area contributed by atoms with Crippen LogP contribution in [0.5, 0.6) is 0 Å². The second kappa shape index (κ2) is 8.44. The molecule has 0 radical (unpaired) electrons. The number of benzene rings is 1. The number of rotatable bonds is 4. The third kappa shape index (κ3) is 4.39. The Morgan fingerprint density at radius 1 is 1.24 bits per heavy atom. The minimum atomic E-state index is -0.868. The van der Waals surface area contributed by atoms with Crippen LogP contribution in [0.2, 0.25) is 0 Å². The molecule has 2 unspecified atom stereocenters. The first kappa shape index (κ1) is 21.2. The van der Waals surface area contributed by atoms with Crippen molar-refractivity contribution in [2.75, 3.05) is 26.0 Å². The van der Waals surface area contributed by atoms with Gasteiger partial charge < -0.3 is 15.5 Å². The highest BCUT2D eigenvalue weighted by molar-refractivity contribution is 8.13. The quantitative estimate of drug-likeness (QED) is 0.579. The molecule has 1 saturated heterocycles. The van der Waals surface area contributed by atoms with E-state index in [9.17, 15) is 19.2 Å². The molecule has 156 valence electrons. The normalized spacial score (nSPS) is 23.8. The van der Waals surface area contributed by atoms with Crippen molar-refractivity contribution in [2.24, 2.45) is 5.92 Å². The molecule has 5 amide bonds. The smallest absolute Gasteiger partial charge is 0.325 e. The number of carbonyl (C=O) groups excluding carboxylic acids is 4. The first-order chi connectivity index (χ1) is 13.7. The fourth-order valence-corrected chi connectivity index (χ4v) is 4.44. The Bertz CT molecular complexity index is 826. The second-order valence-electron chi connectivity index (χ2n) is 7.77. The van der Waals surface area contributed by atoms with Crippen LogP contribution in [0.4, 0.5) is 15.3 Å². The fourth-order valence-electron chi connectivity index (χ4n) is 3.78. The zero-order valence-electron chi connectivity index (χ0n) is 16.9. The van der Waals surface area contributed by atoms with Crippen LogP contribution in [0.3, 0.4) is 0 Å². The minimum Gasteiger partial charge on any atom is -0.339 e. The number of hydrogen-bond donors (Lipinski definition) is 2. The maximum absolute atomic E-state index is 12.9. The molecule has 1 aliphatic heterocycles. The molecule has 8 nitrogen and oxygen atoms in total. The summed E-state index contributed by atoms with van der Waals surface area (Å²) in [6, 6.07) is 6.31. The predicted octanol–water partition coefficient (Wildman–Crippen LogP) is 2.90. The third-order valence-electron chi connectivity index (χ3n) is 5.51. The maximum Gasteiger partial charge on any atom is 0.325 e. The molecule has 2 N–H and O–H groups in total. The molecule has 0 aromatic heterocycles. The van der Waals surface area contributed by atoms with Gasteiger partial charge in [-0.05, 0) is 54.8 Å². The zero-order valence-corrected chi connectivity index (χ0v) is 17.7. The van der Waals surface area contributed by atoms with E-state index in [2.05, 4.69) is 10.6 Å². The van der Waals surface area contributed by atoms with Gasteiger partial charge >= 0.3 is 6.03 Å². The Morgan fingerprint density at radius 3 is 2.55 bits per heavy atom. The van der Waals surface area contributed by atoms with E-state index < -0.39 is 17.5 Å². The molecule has 1 spiro atoms. The van der Waals surface area contributed by atoms with Gasteiger partial charge in [0.1, 0.15) is 12.1 Å². The van der Waals surface area contributed by atoms with Crippen molar-refractivity contribution in [2.45, 2.75) is 43.0 Å². The molecule has 1 aromatic rings. The molecule has 3 rings (SSSR count). The van der Waals surface area contributed by atoms with Crippen molar-refractivity contribution in [3.63, 3.8) is 0 Å². The number of hydrogen-bond acceptors (Lipinski definition) is 5. The Hall–Kier alpha value is -2.55. The van der Waals surface area contributed by atoms with Crippen molar-refractivity contribution < 1.29 is 19.2 Å². The highest BCUT2D eigenvalue weighted by Crippen LogP contribution is 2.38. The van der Waals surface area contributed by atoms with Crippen LogP contribution in [0.15, 0.2) is 29.2 Å². The Balaban J connectivity index is 1.60. The Morgan fingerprint density at radius 2 is 1.93 bits per heavy atom. The first-order valence-electron chi connectivity index (χ1n) is 9.66. The van der Waals surface area contributed by atoms with Crippen LogP contribution in [0.25, 0.3) is 0 Å². The molecule has 9 heteroatoms. The van der Waals surface area contributed by atoms with E-state index in [1.54, 1.807) is 38.4 Å². The van der Waals surface area contributed by atoms with E-state index in [0.29, 0.717) is 12.1 Å². The average molecular weight is 419 g/mol.